The Morgan fingerprint density at radius 2 is 2.37 bits per heavy atom. The van der Waals surface area contributed by atoms with Crippen LogP contribution in [0.4, 0.5) is 0 Å². The minimum Gasteiger partial charge on any atom is -0.376 e. The van der Waals surface area contributed by atoms with Gasteiger partial charge in [-0.2, -0.15) is 0 Å². The van der Waals surface area contributed by atoms with Crippen LogP contribution in [-0.2, 0) is 4.74 Å². The van der Waals surface area contributed by atoms with Gasteiger partial charge in [0, 0.05) is 12.6 Å². The molecular weight excluding hydrogens is 264 g/mol. The van der Waals surface area contributed by atoms with Gasteiger partial charge in [-0.25, -0.2) is 0 Å². The Morgan fingerprint density at radius 1 is 1.63 bits per heavy atom. The Balaban J connectivity index is 2.02. The average molecular weight is 284 g/mol. The van der Waals surface area contributed by atoms with E-state index >= 15 is 0 Å². The molecule has 3 atom stereocenters. The van der Waals surface area contributed by atoms with Crippen LogP contribution in [0.1, 0.15) is 48.5 Å². The molecule has 19 heavy (non-hydrogen) atoms. The summed E-state index contributed by atoms with van der Waals surface area (Å²) in [6.07, 6.45) is 0.809. The minimum atomic E-state index is -0.149. The maximum atomic E-state index is 12.2. The fourth-order valence-corrected chi connectivity index (χ4v) is 2.90. The van der Waals surface area contributed by atoms with E-state index in [1.165, 1.54) is 0 Å². The van der Waals surface area contributed by atoms with Crippen LogP contribution in [0.15, 0.2) is 0 Å². The van der Waals surface area contributed by atoms with E-state index in [0.717, 1.165) is 23.6 Å². The van der Waals surface area contributed by atoms with Gasteiger partial charge in [0.15, 0.2) is 0 Å². The molecule has 1 aliphatic rings. The topological polar surface area (TPSA) is 90.1 Å². The van der Waals surface area contributed by atoms with Crippen LogP contribution in [0.25, 0.3) is 0 Å². The lowest BCUT2D eigenvalue weighted by Crippen LogP contribution is -2.64. The summed E-state index contributed by atoms with van der Waals surface area (Å²) in [4.78, 5) is 12.8. The molecular formula is C12H20N4O2S. The van der Waals surface area contributed by atoms with Gasteiger partial charge in [0.1, 0.15) is 4.88 Å². The first-order valence-corrected chi connectivity index (χ1v) is 7.32. The van der Waals surface area contributed by atoms with Crippen molar-refractivity contribution < 1.29 is 9.53 Å². The number of nitrogens with two attached hydrogens (primary N) is 1. The second-order valence-electron chi connectivity index (χ2n) is 5.03. The molecule has 1 aromatic rings. The van der Waals surface area contributed by atoms with E-state index in [1.807, 2.05) is 20.8 Å². The summed E-state index contributed by atoms with van der Waals surface area (Å²) in [6.45, 7) is 6.55. The number of hydrogen-bond donors (Lipinski definition) is 2. The molecule has 1 saturated carbocycles. The second-order valence-corrected chi connectivity index (χ2v) is 5.79. The van der Waals surface area contributed by atoms with Crippen LogP contribution >= 0.6 is 11.5 Å². The van der Waals surface area contributed by atoms with E-state index in [4.69, 9.17) is 10.5 Å². The van der Waals surface area contributed by atoms with E-state index in [-0.39, 0.29) is 30.0 Å². The highest BCUT2D eigenvalue weighted by Crippen LogP contribution is 2.25. The zero-order valence-corrected chi connectivity index (χ0v) is 12.2. The molecule has 0 radical (unpaired) electrons. The molecule has 3 unspecified atom stereocenters. The van der Waals surface area contributed by atoms with Crippen molar-refractivity contribution in [2.24, 2.45) is 5.73 Å². The lowest BCUT2D eigenvalue weighted by atomic mass is 9.83. The highest BCUT2D eigenvalue weighted by molar-refractivity contribution is 7.08. The van der Waals surface area contributed by atoms with Crippen molar-refractivity contribution in [1.82, 2.24) is 14.9 Å². The lowest BCUT2D eigenvalue weighted by molar-refractivity contribution is -0.0300. The first-order valence-electron chi connectivity index (χ1n) is 6.54. The average Bonchev–Trinajstić information content (AvgIpc) is 2.85. The maximum Gasteiger partial charge on any atom is 0.265 e. The molecule has 0 aliphatic heterocycles. The number of hydrogen-bond acceptors (Lipinski definition) is 6. The number of carbonyl (C=O) groups is 1. The van der Waals surface area contributed by atoms with Crippen molar-refractivity contribution in [3.63, 3.8) is 0 Å². The zero-order valence-electron chi connectivity index (χ0n) is 11.4. The molecule has 1 fully saturated rings. The Hall–Kier alpha value is -1.05. The summed E-state index contributed by atoms with van der Waals surface area (Å²) in [5.41, 5.74) is 6.66. The van der Waals surface area contributed by atoms with Gasteiger partial charge in [-0.1, -0.05) is 18.3 Å². The third-order valence-electron chi connectivity index (χ3n) is 3.31. The zero-order chi connectivity index (χ0) is 14.0. The number of aromatic nitrogens is 2. The van der Waals surface area contributed by atoms with Crippen molar-refractivity contribution in [3.8, 4) is 0 Å². The van der Waals surface area contributed by atoms with Gasteiger partial charge < -0.3 is 15.8 Å². The van der Waals surface area contributed by atoms with Crippen molar-refractivity contribution in [2.45, 2.75) is 51.3 Å². The first-order chi connectivity index (χ1) is 9.04. The molecule has 0 saturated heterocycles. The third-order valence-corrected chi connectivity index (χ3v) is 4.05. The van der Waals surface area contributed by atoms with E-state index in [0.29, 0.717) is 11.5 Å². The Kier molecular flexibility index (Phi) is 4.49. The minimum absolute atomic E-state index is 0.0207. The fraction of sp³-hybridized carbons (Fsp3) is 0.750. The predicted molar refractivity (Wildman–Crippen MR) is 73.3 cm³/mol. The van der Waals surface area contributed by atoms with Gasteiger partial charge >= 0.3 is 0 Å². The smallest absolute Gasteiger partial charge is 0.265 e. The van der Waals surface area contributed by atoms with E-state index in [2.05, 4.69) is 14.9 Å². The van der Waals surface area contributed by atoms with Crippen LogP contribution in [0.5, 0.6) is 0 Å². The molecule has 6 nitrogen and oxygen atoms in total. The third kappa shape index (κ3) is 2.93. The quantitative estimate of drug-likeness (QED) is 0.838. The monoisotopic (exact) mass is 284 g/mol. The highest BCUT2D eigenvalue weighted by atomic mass is 32.1. The number of carbonyl (C=O) groups excluding carboxylic acids is 1. The van der Waals surface area contributed by atoms with Crippen LogP contribution in [0.3, 0.4) is 0 Å². The lowest BCUT2D eigenvalue weighted by Gasteiger charge is -2.42. The number of rotatable bonds is 5. The molecule has 0 spiro atoms. The van der Waals surface area contributed by atoms with Crippen molar-refractivity contribution in [2.75, 3.05) is 6.61 Å². The van der Waals surface area contributed by atoms with Gasteiger partial charge in [-0.3, -0.25) is 4.79 Å². The van der Waals surface area contributed by atoms with Gasteiger partial charge in [0.25, 0.3) is 5.91 Å². The second kappa shape index (κ2) is 5.94. The molecule has 106 valence electrons. The van der Waals surface area contributed by atoms with E-state index < -0.39 is 0 Å². The number of ether oxygens (including phenoxy) is 1. The summed E-state index contributed by atoms with van der Waals surface area (Å²) in [6, 6.07) is -0.154. The van der Waals surface area contributed by atoms with Gasteiger partial charge in [-0.15, -0.1) is 5.10 Å². The fourth-order valence-electron chi connectivity index (χ4n) is 2.18. The largest absolute Gasteiger partial charge is 0.376 e. The molecule has 1 heterocycles. The number of nitrogens with zero attached hydrogens (tertiary/aromatic N) is 2. The summed E-state index contributed by atoms with van der Waals surface area (Å²) >= 11 is 1.12. The molecule has 3 N–H and O–H groups in total. The van der Waals surface area contributed by atoms with Gasteiger partial charge in [0.2, 0.25) is 0 Å². The number of nitrogens with one attached hydrogen (secondary N) is 1. The van der Waals surface area contributed by atoms with Crippen molar-refractivity contribution in [3.05, 3.63) is 10.6 Å². The van der Waals surface area contributed by atoms with Crippen molar-refractivity contribution >= 4 is 17.4 Å². The van der Waals surface area contributed by atoms with Crippen LogP contribution < -0.4 is 11.1 Å². The SMILES string of the molecule is CCOC1CC(N)C1NC(=O)c1snnc1C(C)C. The molecule has 0 aromatic carbocycles. The first kappa shape index (κ1) is 14.4. The highest BCUT2D eigenvalue weighted by Gasteiger charge is 2.41. The molecule has 1 aromatic heterocycles. The summed E-state index contributed by atoms with van der Waals surface area (Å²) in [5.74, 6) is 0.0285. The van der Waals surface area contributed by atoms with E-state index in [9.17, 15) is 4.79 Å². The maximum absolute atomic E-state index is 12.2. The van der Waals surface area contributed by atoms with Crippen molar-refractivity contribution in [1.29, 1.82) is 0 Å². The Morgan fingerprint density at radius 3 is 2.95 bits per heavy atom. The molecule has 7 heteroatoms. The standard InChI is InChI=1S/C12H20N4O2S/c1-4-18-8-5-7(13)10(8)14-12(17)11-9(6(2)3)15-16-19-11/h6-8,10H,4-5,13H2,1-3H3,(H,14,17). The summed E-state index contributed by atoms with van der Waals surface area (Å²) in [7, 11) is 0. The van der Waals surface area contributed by atoms with E-state index in [1.54, 1.807) is 0 Å². The van der Waals surface area contributed by atoms with Gasteiger partial charge in [-0.05, 0) is 30.8 Å². The van der Waals surface area contributed by atoms with Crippen LogP contribution in [0, 0.1) is 0 Å². The predicted octanol–water partition coefficient (Wildman–Crippen LogP) is 0.896. The molecule has 1 amide bonds. The number of amides is 1. The molecule has 2 rings (SSSR count). The summed E-state index contributed by atoms with van der Waals surface area (Å²) < 4.78 is 9.39. The summed E-state index contributed by atoms with van der Waals surface area (Å²) in [5, 5.41) is 6.95. The Labute approximate surface area is 116 Å². The Bertz CT molecular complexity index is 447. The normalized spacial score (nSPS) is 26.3. The molecule has 0 bridgehead atoms. The molecule has 1 aliphatic carbocycles. The van der Waals surface area contributed by atoms with Crippen LogP contribution in [-0.4, -0.2) is 40.3 Å². The van der Waals surface area contributed by atoms with Crippen LogP contribution in [0.2, 0.25) is 0 Å². The van der Waals surface area contributed by atoms with Gasteiger partial charge in [0.05, 0.1) is 17.8 Å².